The Bertz CT molecular complexity index is 1340. The maximum atomic E-state index is 13.4. The number of aromatic nitrogens is 2. The number of benzene rings is 2. The third-order valence-electron chi connectivity index (χ3n) is 5.77. The normalized spacial score (nSPS) is 14.4. The predicted molar refractivity (Wildman–Crippen MR) is 140 cm³/mol. The highest BCUT2D eigenvalue weighted by Crippen LogP contribution is 2.37. The molecule has 12 heteroatoms. The Labute approximate surface area is 220 Å². The van der Waals surface area contributed by atoms with Crippen molar-refractivity contribution in [3.8, 4) is 22.7 Å². The summed E-state index contributed by atoms with van der Waals surface area (Å²) >= 11 is 12.6. The van der Waals surface area contributed by atoms with Gasteiger partial charge in [-0.3, -0.25) is 10.2 Å². The van der Waals surface area contributed by atoms with Gasteiger partial charge in [-0.2, -0.15) is 5.10 Å². The number of hydrazine groups is 1. The Morgan fingerprint density at radius 2 is 1.75 bits per heavy atom. The van der Waals surface area contributed by atoms with E-state index in [1.807, 2.05) is 11.1 Å². The molecule has 36 heavy (non-hydrogen) atoms. The standard InChI is InChI=1S/C24H27Cl2N5O4S/c1-29(2)36(33,34)16-15-35-23-21(24(32)28-30-13-5-6-14-30)27-31(20-8-4-3-7-19(20)26)22(23)17-9-11-18(25)12-10-17/h3-4,7-12H,5-6,13-16H2,1-2H3,(H,28,32). The van der Waals surface area contributed by atoms with E-state index < -0.39 is 15.9 Å². The molecule has 1 aromatic heterocycles. The quantitative estimate of drug-likeness (QED) is 0.433. The summed E-state index contributed by atoms with van der Waals surface area (Å²) in [6.45, 7) is 1.29. The molecule has 0 atom stereocenters. The van der Waals surface area contributed by atoms with Crippen molar-refractivity contribution in [2.75, 3.05) is 39.5 Å². The van der Waals surface area contributed by atoms with Crippen LogP contribution < -0.4 is 10.2 Å². The predicted octanol–water partition coefficient (Wildman–Crippen LogP) is 3.86. The molecular weight excluding hydrogens is 525 g/mol. The van der Waals surface area contributed by atoms with Crippen LogP contribution in [-0.2, 0) is 10.0 Å². The lowest BCUT2D eigenvalue weighted by atomic mass is 10.1. The molecule has 1 amide bonds. The molecule has 1 N–H and O–H groups in total. The fourth-order valence-corrected chi connectivity index (χ4v) is 4.81. The smallest absolute Gasteiger partial charge is 0.289 e. The lowest BCUT2D eigenvalue weighted by molar-refractivity contribution is 0.0816. The largest absolute Gasteiger partial charge is 0.488 e. The van der Waals surface area contributed by atoms with E-state index in [1.165, 1.54) is 14.1 Å². The van der Waals surface area contributed by atoms with E-state index in [-0.39, 0.29) is 23.8 Å². The number of hydrogen-bond donors (Lipinski definition) is 1. The first-order valence-electron chi connectivity index (χ1n) is 11.4. The van der Waals surface area contributed by atoms with Crippen molar-refractivity contribution in [3.05, 3.63) is 64.3 Å². The zero-order valence-electron chi connectivity index (χ0n) is 19.9. The van der Waals surface area contributed by atoms with Crippen LogP contribution in [0.2, 0.25) is 10.0 Å². The molecule has 1 saturated heterocycles. The van der Waals surface area contributed by atoms with Gasteiger partial charge in [0.15, 0.2) is 11.4 Å². The minimum Gasteiger partial charge on any atom is -0.488 e. The highest BCUT2D eigenvalue weighted by Gasteiger charge is 2.29. The van der Waals surface area contributed by atoms with Gasteiger partial charge < -0.3 is 4.74 Å². The molecule has 0 spiro atoms. The number of nitrogens with one attached hydrogen (secondary N) is 1. The zero-order valence-corrected chi connectivity index (χ0v) is 22.3. The Hall–Kier alpha value is -2.63. The van der Waals surface area contributed by atoms with E-state index in [0.29, 0.717) is 27.0 Å². The second-order valence-corrected chi connectivity index (χ2v) is 11.6. The molecule has 1 aliphatic heterocycles. The Morgan fingerprint density at radius 3 is 2.39 bits per heavy atom. The van der Waals surface area contributed by atoms with E-state index in [4.69, 9.17) is 27.9 Å². The van der Waals surface area contributed by atoms with E-state index in [0.717, 1.165) is 30.2 Å². The molecule has 9 nitrogen and oxygen atoms in total. The van der Waals surface area contributed by atoms with Crippen molar-refractivity contribution in [1.29, 1.82) is 0 Å². The molecule has 4 rings (SSSR count). The molecule has 1 aliphatic rings. The van der Waals surface area contributed by atoms with Crippen molar-refractivity contribution >= 4 is 39.1 Å². The molecule has 0 aliphatic carbocycles. The fraction of sp³-hybridized carbons (Fsp3) is 0.333. The molecular formula is C24H27Cl2N5O4S. The van der Waals surface area contributed by atoms with Gasteiger partial charge in [0.25, 0.3) is 5.91 Å². The molecule has 0 saturated carbocycles. The summed E-state index contributed by atoms with van der Waals surface area (Å²) in [5, 5.41) is 7.40. The van der Waals surface area contributed by atoms with Crippen LogP contribution in [-0.4, -0.2) is 73.0 Å². The lowest BCUT2D eigenvalue weighted by Crippen LogP contribution is -2.40. The number of amides is 1. The van der Waals surface area contributed by atoms with Crippen LogP contribution in [0.5, 0.6) is 5.75 Å². The minimum absolute atomic E-state index is 0.0222. The van der Waals surface area contributed by atoms with E-state index in [2.05, 4.69) is 10.5 Å². The molecule has 2 aromatic carbocycles. The van der Waals surface area contributed by atoms with E-state index >= 15 is 0 Å². The van der Waals surface area contributed by atoms with Crippen molar-refractivity contribution in [2.45, 2.75) is 12.8 Å². The Morgan fingerprint density at radius 1 is 1.08 bits per heavy atom. The van der Waals surface area contributed by atoms with Gasteiger partial charge in [0.1, 0.15) is 12.3 Å². The van der Waals surface area contributed by atoms with E-state index in [1.54, 1.807) is 47.1 Å². The number of para-hydroxylation sites is 1. The zero-order chi connectivity index (χ0) is 25.9. The second-order valence-electron chi connectivity index (χ2n) is 8.48. The SMILES string of the molecule is CN(C)S(=O)(=O)CCOc1c(C(=O)NN2CCCC2)nn(-c2ccccc2Cl)c1-c1ccc(Cl)cc1. The number of hydrogen-bond acceptors (Lipinski definition) is 6. The lowest BCUT2D eigenvalue weighted by Gasteiger charge is -2.16. The number of carbonyl (C=O) groups excluding carboxylic acids is 1. The van der Waals surface area contributed by atoms with Crippen molar-refractivity contribution in [2.24, 2.45) is 0 Å². The van der Waals surface area contributed by atoms with Crippen LogP contribution in [0.4, 0.5) is 0 Å². The first kappa shape index (κ1) is 26.4. The summed E-state index contributed by atoms with van der Waals surface area (Å²) in [6.07, 6.45) is 1.96. The summed E-state index contributed by atoms with van der Waals surface area (Å²) in [7, 11) is -0.607. The molecule has 192 valence electrons. The molecule has 0 unspecified atom stereocenters. The Balaban J connectivity index is 1.84. The van der Waals surface area contributed by atoms with Gasteiger partial charge in [0.2, 0.25) is 10.0 Å². The van der Waals surface area contributed by atoms with Gasteiger partial charge in [-0.1, -0.05) is 47.5 Å². The van der Waals surface area contributed by atoms with Gasteiger partial charge >= 0.3 is 0 Å². The second kappa shape index (κ2) is 11.2. The van der Waals surface area contributed by atoms with Gasteiger partial charge in [0.05, 0.1) is 16.5 Å². The maximum absolute atomic E-state index is 13.4. The van der Waals surface area contributed by atoms with Crippen LogP contribution in [0, 0.1) is 0 Å². The third kappa shape index (κ3) is 5.84. The first-order valence-corrected chi connectivity index (χ1v) is 13.8. The average molecular weight is 552 g/mol. The van der Waals surface area contributed by atoms with Crippen molar-refractivity contribution in [3.63, 3.8) is 0 Å². The van der Waals surface area contributed by atoms with Crippen LogP contribution in [0.3, 0.4) is 0 Å². The van der Waals surface area contributed by atoms with Crippen LogP contribution >= 0.6 is 23.2 Å². The van der Waals surface area contributed by atoms with Gasteiger partial charge in [-0.05, 0) is 37.1 Å². The van der Waals surface area contributed by atoms with Gasteiger partial charge in [-0.25, -0.2) is 22.4 Å². The number of carbonyl (C=O) groups is 1. The molecule has 3 aromatic rings. The van der Waals surface area contributed by atoms with Gasteiger partial charge in [0, 0.05) is 37.8 Å². The number of nitrogens with zero attached hydrogens (tertiary/aromatic N) is 4. The summed E-state index contributed by atoms with van der Waals surface area (Å²) in [5.74, 6) is -0.573. The fourth-order valence-electron chi connectivity index (χ4n) is 3.81. The van der Waals surface area contributed by atoms with Crippen LogP contribution in [0.25, 0.3) is 16.9 Å². The molecule has 0 bridgehead atoms. The average Bonchev–Trinajstić information content (AvgIpc) is 3.48. The molecule has 1 fully saturated rings. The number of rotatable bonds is 9. The summed E-state index contributed by atoms with van der Waals surface area (Å²) in [5.41, 5.74) is 4.56. The highest BCUT2D eigenvalue weighted by atomic mass is 35.5. The number of ether oxygens (including phenoxy) is 1. The molecule has 2 heterocycles. The minimum atomic E-state index is -3.52. The van der Waals surface area contributed by atoms with Crippen molar-refractivity contribution in [1.82, 2.24) is 24.5 Å². The van der Waals surface area contributed by atoms with Crippen LogP contribution in [0.15, 0.2) is 48.5 Å². The summed E-state index contributed by atoms with van der Waals surface area (Å²) in [6, 6.07) is 14.1. The van der Waals surface area contributed by atoms with E-state index in [9.17, 15) is 13.2 Å². The number of sulfonamides is 1. The maximum Gasteiger partial charge on any atom is 0.289 e. The molecule has 0 radical (unpaired) electrons. The third-order valence-corrected chi connectivity index (χ3v) is 8.13. The summed E-state index contributed by atoms with van der Waals surface area (Å²) < 4.78 is 33.4. The van der Waals surface area contributed by atoms with Crippen molar-refractivity contribution < 1.29 is 17.9 Å². The first-order chi connectivity index (χ1) is 17.2. The monoisotopic (exact) mass is 551 g/mol. The van der Waals surface area contributed by atoms with Crippen LogP contribution in [0.1, 0.15) is 23.3 Å². The topological polar surface area (TPSA) is 96.8 Å². The summed E-state index contributed by atoms with van der Waals surface area (Å²) in [4.78, 5) is 13.4. The Kier molecular flexibility index (Phi) is 8.21. The van der Waals surface area contributed by atoms with Gasteiger partial charge in [-0.15, -0.1) is 0 Å². The number of halogens is 2. The highest BCUT2D eigenvalue weighted by molar-refractivity contribution is 7.89.